The smallest absolute Gasteiger partial charge is 0.0627 e. The Bertz CT molecular complexity index is 391. The van der Waals surface area contributed by atoms with E-state index in [2.05, 4.69) is 33.4 Å². The van der Waals surface area contributed by atoms with Gasteiger partial charge in [0.15, 0.2) is 0 Å². The molecule has 0 bridgehead atoms. The number of nitrogens with zero attached hydrogens (tertiary/aromatic N) is 1. The third kappa shape index (κ3) is 3.94. The molecule has 1 rings (SSSR count). The lowest BCUT2D eigenvalue weighted by Gasteiger charge is -2.33. The van der Waals surface area contributed by atoms with Crippen molar-refractivity contribution in [2.45, 2.75) is 52.9 Å². The number of hydrogen-bond acceptors (Lipinski definition) is 2. The van der Waals surface area contributed by atoms with E-state index in [1.807, 2.05) is 6.08 Å². The zero-order valence-electron chi connectivity index (χ0n) is 12.6. The van der Waals surface area contributed by atoms with Gasteiger partial charge < -0.3 is 5.11 Å². The summed E-state index contributed by atoms with van der Waals surface area (Å²) in [7, 11) is 0. The first-order chi connectivity index (χ1) is 8.94. The van der Waals surface area contributed by atoms with Crippen LogP contribution in [0.25, 0.3) is 0 Å². The Hall–Kier alpha value is -1.07. The Balaban J connectivity index is 2.79. The summed E-state index contributed by atoms with van der Waals surface area (Å²) in [5.41, 5.74) is 2.64. The topological polar surface area (TPSA) is 44.0 Å². The van der Waals surface area contributed by atoms with Crippen LogP contribution >= 0.6 is 0 Å². The molecule has 2 heteroatoms. The lowest BCUT2D eigenvalue weighted by Crippen LogP contribution is -2.25. The summed E-state index contributed by atoms with van der Waals surface area (Å²) in [5.74, 6) is 1.10. The monoisotopic (exact) mass is 261 g/mol. The summed E-state index contributed by atoms with van der Waals surface area (Å²) in [6.45, 7) is 10.7. The van der Waals surface area contributed by atoms with Gasteiger partial charge in [-0.05, 0) is 56.8 Å². The van der Waals surface area contributed by atoms with E-state index < -0.39 is 0 Å². The fraction of sp³-hybridized carbons (Fsp3) is 0.706. The Labute approximate surface area is 117 Å². The van der Waals surface area contributed by atoms with Crippen molar-refractivity contribution in [3.8, 4) is 6.07 Å². The minimum absolute atomic E-state index is 0.121. The van der Waals surface area contributed by atoms with Gasteiger partial charge in [0.1, 0.15) is 0 Å². The van der Waals surface area contributed by atoms with E-state index in [1.165, 1.54) is 17.6 Å². The van der Waals surface area contributed by atoms with Crippen LogP contribution in [-0.2, 0) is 0 Å². The van der Waals surface area contributed by atoms with Gasteiger partial charge >= 0.3 is 0 Å². The van der Waals surface area contributed by atoms with Gasteiger partial charge in [-0.25, -0.2) is 0 Å². The first-order valence-corrected chi connectivity index (χ1v) is 7.23. The van der Waals surface area contributed by atoms with Crippen LogP contribution < -0.4 is 0 Å². The van der Waals surface area contributed by atoms with Gasteiger partial charge in [-0.1, -0.05) is 30.7 Å². The van der Waals surface area contributed by atoms with Crippen molar-refractivity contribution < 1.29 is 5.11 Å². The molecular formula is C17H27NO. The van der Waals surface area contributed by atoms with Crippen molar-refractivity contribution in [1.29, 1.82) is 5.26 Å². The maximum atomic E-state index is 9.08. The van der Waals surface area contributed by atoms with Gasteiger partial charge in [0.2, 0.25) is 0 Å². The Kier molecular flexibility index (Phi) is 5.82. The maximum Gasteiger partial charge on any atom is 0.0627 e. The third-order valence-electron chi connectivity index (χ3n) is 4.81. The molecule has 1 saturated carbocycles. The zero-order chi connectivity index (χ0) is 14.5. The number of nitriles is 1. The van der Waals surface area contributed by atoms with E-state index in [0.29, 0.717) is 18.3 Å². The first kappa shape index (κ1) is 16.0. The second kappa shape index (κ2) is 6.91. The first-order valence-electron chi connectivity index (χ1n) is 7.23. The molecule has 1 fully saturated rings. The minimum atomic E-state index is 0.121. The molecule has 1 N–H and O–H groups in total. The van der Waals surface area contributed by atoms with Crippen molar-refractivity contribution in [3.63, 3.8) is 0 Å². The fourth-order valence-electron chi connectivity index (χ4n) is 3.54. The van der Waals surface area contributed by atoms with E-state index in [9.17, 15) is 0 Å². The molecule has 0 aromatic rings. The molecule has 0 saturated heterocycles. The summed E-state index contributed by atoms with van der Waals surface area (Å²) in [4.78, 5) is 0. The van der Waals surface area contributed by atoms with E-state index in [-0.39, 0.29) is 12.0 Å². The highest BCUT2D eigenvalue weighted by Gasteiger charge is 2.44. The molecule has 0 unspecified atom stereocenters. The second-order valence-electron chi connectivity index (χ2n) is 6.36. The van der Waals surface area contributed by atoms with E-state index in [0.717, 1.165) is 19.3 Å². The molecular weight excluding hydrogens is 234 g/mol. The minimum Gasteiger partial charge on any atom is -0.392 e. The van der Waals surface area contributed by atoms with Crippen LogP contribution in [0.4, 0.5) is 0 Å². The predicted molar refractivity (Wildman–Crippen MR) is 79.4 cm³/mol. The lowest BCUT2D eigenvalue weighted by molar-refractivity contribution is 0.197. The van der Waals surface area contributed by atoms with Crippen LogP contribution in [0.2, 0.25) is 0 Å². The molecule has 2 nitrogen and oxygen atoms in total. The number of aliphatic hydroxyl groups excluding tert-OH is 1. The summed E-state index contributed by atoms with van der Waals surface area (Å²) >= 11 is 0. The molecule has 3 atom stereocenters. The zero-order valence-corrected chi connectivity index (χ0v) is 12.6. The Morgan fingerprint density at radius 3 is 2.74 bits per heavy atom. The molecule has 0 radical (unpaired) electrons. The number of aliphatic hydroxyl groups is 1. The maximum absolute atomic E-state index is 9.08. The summed E-state index contributed by atoms with van der Waals surface area (Å²) < 4.78 is 0. The molecule has 19 heavy (non-hydrogen) atoms. The van der Waals surface area contributed by atoms with Gasteiger partial charge in [-0.3, -0.25) is 0 Å². The van der Waals surface area contributed by atoms with Crippen molar-refractivity contribution in [2.75, 3.05) is 6.61 Å². The molecule has 0 aliphatic heterocycles. The highest BCUT2D eigenvalue weighted by atomic mass is 16.2. The molecule has 0 aromatic heterocycles. The van der Waals surface area contributed by atoms with Crippen LogP contribution in [0, 0.1) is 28.6 Å². The molecule has 0 heterocycles. The molecule has 0 spiro atoms. The molecule has 0 aromatic carbocycles. The highest BCUT2D eigenvalue weighted by molar-refractivity contribution is 5.10. The van der Waals surface area contributed by atoms with Gasteiger partial charge in [0, 0.05) is 6.42 Å². The van der Waals surface area contributed by atoms with Crippen molar-refractivity contribution in [2.24, 2.45) is 17.3 Å². The van der Waals surface area contributed by atoms with Gasteiger partial charge in [-0.15, -0.1) is 0 Å². The standard InChI is InChI=1S/C17H27NO/c1-13(2)15-7-9-17(4,10-11-18)16(15)6-5-14(3)8-12-19/h8,15-16,19H,1,5-7,9-10,12H2,2-4H3/b14-8+/t15-,16-,17+/m0/s1. The van der Waals surface area contributed by atoms with E-state index in [1.54, 1.807) is 0 Å². The van der Waals surface area contributed by atoms with Crippen molar-refractivity contribution in [3.05, 3.63) is 23.8 Å². The number of hydrogen-bond donors (Lipinski definition) is 1. The fourth-order valence-corrected chi connectivity index (χ4v) is 3.54. The van der Waals surface area contributed by atoms with Gasteiger partial charge in [-0.2, -0.15) is 5.26 Å². The average Bonchev–Trinajstić information content (AvgIpc) is 2.65. The van der Waals surface area contributed by atoms with E-state index in [4.69, 9.17) is 10.4 Å². The largest absolute Gasteiger partial charge is 0.392 e. The second-order valence-corrected chi connectivity index (χ2v) is 6.36. The van der Waals surface area contributed by atoms with Crippen molar-refractivity contribution >= 4 is 0 Å². The van der Waals surface area contributed by atoms with Crippen LogP contribution in [0.5, 0.6) is 0 Å². The van der Waals surface area contributed by atoms with E-state index >= 15 is 0 Å². The molecule has 0 amide bonds. The number of allylic oxidation sites excluding steroid dienone is 2. The Morgan fingerprint density at radius 2 is 2.21 bits per heavy atom. The summed E-state index contributed by atoms with van der Waals surface area (Å²) in [5, 5.41) is 18.0. The molecule has 106 valence electrons. The van der Waals surface area contributed by atoms with Gasteiger partial charge in [0.05, 0.1) is 12.7 Å². The van der Waals surface area contributed by atoms with Crippen LogP contribution in [0.3, 0.4) is 0 Å². The number of rotatable bonds is 6. The average molecular weight is 261 g/mol. The summed E-state index contributed by atoms with van der Waals surface area (Å²) in [6, 6.07) is 2.37. The lowest BCUT2D eigenvalue weighted by atomic mass is 9.71. The molecule has 1 aliphatic rings. The van der Waals surface area contributed by atoms with Crippen LogP contribution in [0.1, 0.15) is 52.9 Å². The normalized spacial score (nSPS) is 31.2. The van der Waals surface area contributed by atoms with Crippen LogP contribution in [0.15, 0.2) is 23.8 Å². The Morgan fingerprint density at radius 1 is 1.53 bits per heavy atom. The third-order valence-corrected chi connectivity index (χ3v) is 4.81. The van der Waals surface area contributed by atoms with Gasteiger partial charge in [0.25, 0.3) is 0 Å². The SMILES string of the molecule is C=C(C)[C@@H]1CC[C@](C)(CC#N)[C@H]1CC/C(C)=C/CO. The summed E-state index contributed by atoms with van der Waals surface area (Å²) in [6.07, 6.45) is 6.93. The van der Waals surface area contributed by atoms with Crippen molar-refractivity contribution in [1.82, 2.24) is 0 Å². The molecule has 1 aliphatic carbocycles. The quantitative estimate of drug-likeness (QED) is 0.727. The highest BCUT2D eigenvalue weighted by Crippen LogP contribution is 2.53. The predicted octanol–water partition coefficient (Wildman–Crippen LogP) is 4.23. The van der Waals surface area contributed by atoms with Crippen LogP contribution in [-0.4, -0.2) is 11.7 Å².